The van der Waals surface area contributed by atoms with Crippen molar-refractivity contribution in [3.63, 3.8) is 0 Å². The Balaban J connectivity index is 2.18. The van der Waals surface area contributed by atoms with Crippen LogP contribution in [0.25, 0.3) is 0 Å². The SMILES string of the molecule is COc1cc(N2CCN(C(=O)OC(C)(C)C)CC2)c(C#N)cc1[N+](=O)[O-]. The number of nitro benzene ring substituents is 1. The summed E-state index contributed by atoms with van der Waals surface area (Å²) in [5, 5.41) is 20.5. The van der Waals surface area contributed by atoms with E-state index in [1.54, 1.807) is 4.90 Å². The number of rotatable bonds is 3. The lowest BCUT2D eigenvalue weighted by atomic mass is 10.1. The van der Waals surface area contributed by atoms with Gasteiger partial charge in [0.2, 0.25) is 0 Å². The highest BCUT2D eigenvalue weighted by Crippen LogP contribution is 2.35. The van der Waals surface area contributed by atoms with Gasteiger partial charge in [-0.15, -0.1) is 0 Å². The van der Waals surface area contributed by atoms with Crippen molar-refractivity contribution in [2.75, 3.05) is 38.2 Å². The quantitative estimate of drug-likeness (QED) is 0.600. The van der Waals surface area contributed by atoms with Crippen LogP contribution in [0.15, 0.2) is 12.1 Å². The molecule has 9 nitrogen and oxygen atoms in total. The monoisotopic (exact) mass is 362 g/mol. The molecule has 0 unspecified atom stereocenters. The van der Waals surface area contributed by atoms with Crippen molar-refractivity contribution in [1.82, 2.24) is 4.90 Å². The molecule has 9 heteroatoms. The first kappa shape index (κ1) is 19.3. The molecule has 2 rings (SSSR count). The van der Waals surface area contributed by atoms with E-state index >= 15 is 0 Å². The molecule has 0 N–H and O–H groups in total. The van der Waals surface area contributed by atoms with E-state index in [-0.39, 0.29) is 23.1 Å². The number of carbonyl (C=O) groups is 1. The number of hydrogen-bond acceptors (Lipinski definition) is 7. The lowest BCUT2D eigenvalue weighted by Crippen LogP contribution is -2.50. The highest BCUT2D eigenvalue weighted by atomic mass is 16.6. The highest BCUT2D eigenvalue weighted by Gasteiger charge is 2.28. The van der Waals surface area contributed by atoms with Gasteiger partial charge in [0, 0.05) is 38.3 Å². The molecular formula is C17H22N4O5. The van der Waals surface area contributed by atoms with Gasteiger partial charge in [0.15, 0.2) is 5.75 Å². The number of piperazine rings is 1. The molecule has 1 aliphatic heterocycles. The number of carbonyl (C=O) groups excluding carboxylic acids is 1. The summed E-state index contributed by atoms with van der Waals surface area (Å²) in [5.74, 6) is 0.0959. The molecule has 1 aliphatic rings. The highest BCUT2D eigenvalue weighted by molar-refractivity contribution is 5.70. The lowest BCUT2D eigenvalue weighted by molar-refractivity contribution is -0.385. The van der Waals surface area contributed by atoms with E-state index < -0.39 is 10.5 Å². The Labute approximate surface area is 151 Å². The summed E-state index contributed by atoms with van der Waals surface area (Å²) in [7, 11) is 1.35. The van der Waals surface area contributed by atoms with Crippen LogP contribution in [-0.2, 0) is 4.74 Å². The van der Waals surface area contributed by atoms with Gasteiger partial charge in [0.25, 0.3) is 0 Å². The zero-order valence-corrected chi connectivity index (χ0v) is 15.3. The molecule has 0 atom stereocenters. The zero-order valence-electron chi connectivity index (χ0n) is 15.3. The Hall–Kier alpha value is -3.02. The van der Waals surface area contributed by atoms with Gasteiger partial charge < -0.3 is 19.3 Å². The predicted octanol–water partition coefficient (Wildman–Crippen LogP) is 2.53. The van der Waals surface area contributed by atoms with E-state index in [4.69, 9.17) is 9.47 Å². The molecule has 0 saturated carbocycles. The van der Waals surface area contributed by atoms with Crippen LogP contribution in [0, 0.1) is 21.4 Å². The molecule has 1 saturated heterocycles. The lowest BCUT2D eigenvalue weighted by Gasteiger charge is -2.37. The molecule has 1 aromatic carbocycles. The summed E-state index contributed by atoms with van der Waals surface area (Å²) in [5.41, 5.74) is -0.0595. The summed E-state index contributed by atoms with van der Waals surface area (Å²) in [4.78, 5) is 26.2. The Kier molecular flexibility index (Phi) is 5.55. The smallest absolute Gasteiger partial charge is 0.410 e. The number of nitro groups is 1. The van der Waals surface area contributed by atoms with Crippen LogP contribution < -0.4 is 9.64 Å². The summed E-state index contributed by atoms with van der Waals surface area (Å²) in [6.07, 6.45) is -0.376. The Morgan fingerprint density at radius 3 is 2.35 bits per heavy atom. The van der Waals surface area contributed by atoms with E-state index in [1.165, 1.54) is 19.2 Å². The Morgan fingerprint density at radius 1 is 1.27 bits per heavy atom. The van der Waals surface area contributed by atoms with Crippen LogP contribution in [0.2, 0.25) is 0 Å². The van der Waals surface area contributed by atoms with Crippen molar-refractivity contribution in [3.8, 4) is 11.8 Å². The van der Waals surface area contributed by atoms with E-state index in [0.29, 0.717) is 31.9 Å². The maximum Gasteiger partial charge on any atom is 0.410 e. The number of methoxy groups -OCH3 is 1. The van der Waals surface area contributed by atoms with E-state index in [2.05, 4.69) is 0 Å². The van der Waals surface area contributed by atoms with E-state index in [9.17, 15) is 20.2 Å². The molecule has 0 radical (unpaired) electrons. The third-order valence-corrected chi connectivity index (χ3v) is 3.89. The third kappa shape index (κ3) is 4.33. The number of anilines is 1. The number of nitrogens with zero attached hydrogens (tertiary/aromatic N) is 4. The summed E-state index contributed by atoms with van der Waals surface area (Å²) < 4.78 is 10.5. The van der Waals surface area contributed by atoms with E-state index in [1.807, 2.05) is 31.7 Å². The van der Waals surface area contributed by atoms with Gasteiger partial charge in [0.1, 0.15) is 11.7 Å². The van der Waals surface area contributed by atoms with Crippen molar-refractivity contribution in [3.05, 3.63) is 27.8 Å². The first-order chi connectivity index (χ1) is 12.2. The molecule has 26 heavy (non-hydrogen) atoms. The normalized spacial score (nSPS) is 14.6. The molecule has 1 amide bonds. The van der Waals surface area contributed by atoms with Gasteiger partial charge in [-0.25, -0.2) is 4.79 Å². The van der Waals surface area contributed by atoms with Crippen LogP contribution >= 0.6 is 0 Å². The fourth-order valence-electron chi connectivity index (χ4n) is 2.67. The molecule has 1 fully saturated rings. The van der Waals surface area contributed by atoms with E-state index in [0.717, 1.165) is 0 Å². The second-order valence-electron chi connectivity index (χ2n) is 6.86. The van der Waals surface area contributed by atoms with Gasteiger partial charge in [-0.1, -0.05) is 0 Å². The summed E-state index contributed by atoms with van der Waals surface area (Å²) in [6.45, 7) is 7.25. The van der Waals surface area contributed by atoms with Gasteiger partial charge in [-0.05, 0) is 20.8 Å². The van der Waals surface area contributed by atoms with Crippen molar-refractivity contribution in [2.45, 2.75) is 26.4 Å². The van der Waals surface area contributed by atoms with Crippen molar-refractivity contribution >= 4 is 17.5 Å². The molecule has 0 aliphatic carbocycles. The number of nitriles is 1. The van der Waals surface area contributed by atoms with Gasteiger partial charge in [0.05, 0.1) is 23.3 Å². The molecule has 0 aromatic heterocycles. The largest absolute Gasteiger partial charge is 0.490 e. The van der Waals surface area contributed by atoms with Crippen LogP contribution in [0.1, 0.15) is 26.3 Å². The summed E-state index contributed by atoms with van der Waals surface area (Å²) >= 11 is 0. The average molecular weight is 362 g/mol. The van der Waals surface area contributed by atoms with Crippen molar-refractivity contribution in [2.24, 2.45) is 0 Å². The molecule has 0 spiro atoms. The number of amides is 1. The molecular weight excluding hydrogens is 340 g/mol. The maximum atomic E-state index is 12.1. The fraction of sp³-hybridized carbons (Fsp3) is 0.529. The number of benzene rings is 1. The van der Waals surface area contributed by atoms with Crippen LogP contribution in [0.3, 0.4) is 0 Å². The standard InChI is InChI=1S/C17H22N4O5/c1-17(2,3)26-16(22)20-7-5-19(6-8-20)13-10-15(25-4)14(21(23)24)9-12(13)11-18/h9-10H,5-8H2,1-4H3. The average Bonchev–Trinajstić information content (AvgIpc) is 2.59. The molecule has 1 heterocycles. The summed E-state index contributed by atoms with van der Waals surface area (Å²) in [6, 6.07) is 4.71. The van der Waals surface area contributed by atoms with Crippen LogP contribution in [0.4, 0.5) is 16.2 Å². The second-order valence-corrected chi connectivity index (χ2v) is 6.86. The molecule has 1 aromatic rings. The van der Waals surface area contributed by atoms with Crippen LogP contribution in [-0.4, -0.2) is 54.8 Å². The number of ether oxygens (including phenoxy) is 2. The van der Waals surface area contributed by atoms with Gasteiger partial charge in [-0.2, -0.15) is 5.26 Å². The first-order valence-corrected chi connectivity index (χ1v) is 8.15. The van der Waals surface area contributed by atoms with Gasteiger partial charge in [-0.3, -0.25) is 10.1 Å². The Bertz CT molecular complexity index is 743. The first-order valence-electron chi connectivity index (χ1n) is 8.15. The van der Waals surface area contributed by atoms with Crippen molar-refractivity contribution < 1.29 is 19.2 Å². The topological polar surface area (TPSA) is 109 Å². The zero-order chi connectivity index (χ0) is 19.5. The van der Waals surface area contributed by atoms with Crippen molar-refractivity contribution in [1.29, 1.82) is 5.26 Å². The minimum atomic E-state index is -0.579. The maximum absolute atomic E-state index is 12.1. The third-order valence-electron chi connectivity index (χ3n) is 3.89. The Morgan fingerprint density at radius 2 is 1.88 bits per heavy atom. The minimum Gasteiger partial charge on any atom is -0.490 e. The minimum absolute atomic E-state index is 0.0959. The predicted molar refractivity (Wildman–Crippen MR) is 94.4 cm³/mol. The molecule has 0 bridgehead atoms. The second kappa shape index (κ2) is 7.47. The van der Waals surface area contributed by atoms with Crippen LogP contribution in [0.5, 0.6) is 5.75 Å². The fourth-order valence-corrected chi connectivity index (χ4v) is 2.67. The number of hydrogen-bond donors (Lipinski definition) is 0. The molecule has 140 valence electrons. The van der Waals surface area contributed by atoms with Gasteiger partial charge >= 0.3 is 11.8 Å².